The van der Waals surface area contributed by atoms with Gasteiger partial charge in [-0.15, -0.1) is 0 Å². The molecule has 0 radical (unpaired) electrons. The maximum Gasteiger partial charge on any atom is 0.280 e. The van der Waals surface area contributed by atoms with Gasteiger partial charge in [0.05, 0.1) is 4.90 Å². The van der Waals surface area contributed by atoms with Gasteiger partial charge in [-0.05, 0) is 43.2 Å². The zero-order valence-electron chi connectivity index (χ0n) is 14.3. The monoisotopic (exact) mass is 407 g/mol. The van der Waals surface area contributed by atoms with E-state index in [4.69, 9.17) is 5.14 Å². The maximum atomic E-state index is 13.4. The SMILES string of the molecule is NS(=O)(=O)c1ccc(NC(=O)c2cc3nc(C4CC4)cc(C(F)F)n3n2)cc1. The Labute approximate surface area is 158 Å². The fraction of sp³-hybridized carbons (Fsp3) is 0.235. The van der Waals surface area contributed by atoms with Crippen LogP contribution < -0.4 is 10.5 Å². The first-order valence-electron chi connectivity index (χ1n) is 8.35. The van der Waals surface area contributed by atoms with Crippen molar-refractivity contribution < 1.29 is 22.0 Å². The molecule has 0 bridgehead atoms. The second kappa shape index (κ2) is 6.60. The number of benzene rings is 1. The Hall–Kier alpha value is -2.92. The van der Waals surface area contributed by atoms with Crippen LogP contribution in [0.25, 0.3) is 5.65 Å². The third-order valence-corrected chi connectivity index (χ3v) is 5.30. The number of carbonyl (C=O) groups is 1. The van der Waals surface area contributed by atoms with Crippen molar-refractivity contribution >= 4 is 27.3 Å². The second-order valence-corrected chi connectivity index (χ2v) is 8.07. The number of nitrogens with two attached hydrogens (primary N) is 1. The van der Waals surface area contributed by atoms with Gasteiger partial charge in [0.1, 0.15) is 5.69 Å². The zero-order chi connectivity index (χ0) is 20.1. The molecule has 0 aliphatic heterocycles. The lowest BCUT2D eigenvalue weighted by atomic mass is 10.2. The molecule has 0 unspecified atom stereocenters. The number of sulfonamides is 1. The number of fused-ring (bicyclic) bond motifs is 1. The average Bonchev–Trinajstić information content (AvgIpc) is 3.39. The normalized spacial score (nSPS) is 14.6. The second-order valence-electron chi connectivity index (χ2n) is 6.50. The average molecular weight is 407 g/mol. The van der Waals surface area contributed by atoms with Crippen molar-refractivity contribution in [2.24, 2.45) is 5.14 Å². The summed E-state index contributed by atoms with van der Waals surface area (Å²) in [6.07, 6.45) is -0.950. The molecule has 146 valence electrons. The first-order chi connectivity index (χ1) is 13.2. The molecule has 3 N–H and O–H groups in total. The molecule has 0 saturated heterocycles. The Kier molecular flexibility index (Phi) is 4.35. The summed E-state index contributed by atoms with van der Waals surface area (Å²) in [4.78, 5) is 16.7. The van der Waals surface area contributed by atoms with Crippen molar-refractivity contribution in [3.63, 3.8) is 0 Å². The zero-order valence-corrected chi connectivity index (χ0v) is 15.2. The lowest BCUT2D eigenvalue weighted by Crippen LogP contribution is -2.14. The summed E-state index contributed by atoms with van der Waals surface area (Å²) < 4.78 is 50.3. The van der Waals surface area contributed by atoms with Gasteiger partial charge in [0, 0.05) is 23.4 Å². The van der Waals surface area contributed by atoms with E-state index in [9.17, 15) is 22.0 Å². The number of rotatable bonds is 5. The number of halogens is 2. The maximum absolute atomic E-state index is 13.4. The van der Waals surface area contributed by atoms with Gasteiger partial charge in [-0.2, -0.15) is 5.10 Å². The molecule has 1 saturated carbocycles. The van der Waals surface area contributed by atoms with Crippen molar-refractivity contribution in [2.75, 3.05) is 5.32 Å². The van der Waals surface area contributed by atoms with Gasteiger partial charge in [0.2, 0.25) is 10.0 Å². The Morgan fingerprint density at radius 1 is 1.21 bits per heavy atom. The Morgan fingerprint density at radius 2 is 1.89 bits per heavy atom. The molecule has 2 heterocycles. The van der Waals surface area contributed by atoms with E-state index < -0.39 is 22.4 Å². The summed E-state index contributed by atoms with van der Waals surface area (Å²) in [7, 11) is -3.84. The summed E-state index contributed by atoms with van der Waals surface area (Å²) in [6.45, 7) is 0. The molecule has 8 nitrogen and oxygen atoms in total. The van der Waals surface area contributed by atoms with Crippen LogP contribution in [-0.2, 0) is 10.0 Å². The van der Waals surface area contributed by atoms with Crippen molar-refractivity contribution in [3.05, 3.63) is 53.5 Å². The number of hydrogen-bond donors (Lipinski definition) is 2. The fourth-order valence-corrected chi connectivity index (χ4v) is 3.31. The van der Waals surface area contributed by atoms with Crippen LogP contribution in [0.5, 0.6) is 0 Å². The van der Waals surface area contributed by atoms with Crippen LogP contribution >= 0.6 is 0 Å². The van der Waals surface area contributed by atoms with E-state index in [1.54, 1.807) is 0 Å². The number of hydrogen-bond acceptors (Lipinski definition) is 5. The molecule has 28 heavy (non-hydrogen) atoms. The largest absolute Gasteiger partial charge is 0.321 e. The van der Waals surface area contributed by atoms with Crippen LogP contribution in [0.2, 0.25) is 0 Å². The summed E-state index contributed by atoms with van der Waals surface area (Å²) in [5, 5.41) is 11.5. The highest BCUT2D eigenvalue weighted by Gasteiger charge is 2.28. The summed E-state index contributed by atoms with van der Waals surface area (Å²) in [5.74, 6) is -0.464. The molecule has 1 fully saturated rings. The summed E-state index contributed by atoms with van der Waals surface area (Å²) >= 11 is 0. The van der Waals surface area contributed by atoms with Gasteiger partial charge in [-0.1, -0.05) is 0 Å². The van der Waals surface area contributed by atoms with Crippen molar-refractivity contribution in [3.8, 4) is 0 Å². The van der Waals surface area contributed by atoms with E-state index >= 15 is 0 Å². The van der Waals surface area contributed by atoms with Crippen molar-refractivity contribution in [2.45, 2.75) is 30.1 Å². The van der Waals surface area contributed by atoms with Crippen LogP contribution in [0, 0.1) is 0 Å². The molecule has 0 atom stereocenters. The number of amides is 1. The molecule has 0 spiro atoms. The highest BCUT2D eigenvalue weighted by atomic mass is 32.2. The van der Waals surface area contributed by atoms with Crippen molar-refractivity contribution in [1.29, 1.82) is 0 Å². The van der Waals surface area contributed by atoms with Crippen LogP contribution in [0.3, 0.4) is 0 Å². The number of carbonyl (C=O) groups excluding carboxylic acids is 1. The topological polar surface area (TPSA) is 119 Å². The van der Waals surface area contributed by atoms with Crippen LogP contribution in [0.1, 0.15) is 47.1 Å². The standard InChI is InChI=1S/C17H15F2N5O3S/c18-16(19)14-7-12(9-1-2-9)22-15-8-13(23-24(14)15)17(25)21-10-3-5-11(6-4-10)28(20,26)27/h3-9,16H,1-2H2,(H,21,25)(H2,20,26,27). The number of anilines is 1. The minimum atomic E-state index is -3.84. The molecule has 3 aromatic rings. The van der Waals surface area contributed by atoms with Gasteiger partial charge in [-0.3, -0.25) is 4.79 Å². The van der Waals surface area contributed by atoms with E-state index in [0.717, 1.165) is 17.4 Å². The Bertz CT molecular complexity index is 1170. The molecule has 1 aliphatic carbocycles. The number of alkyl halides is 2. The van der Waals surface area contributed by atoms with E-state index in [1.165, 1.54) is 36.4 Å². The summed E-state index contributed by atoms with van der Waals surface area (Å²) in [6, 6.07) is 7.88. The van der Waals surface area contributed by atoms with E-state index in [2.05, 4.69) is 15.4 Å². The fourth-order valence-electron chi connectivity index (χ4n) is 2.80. The van der Waals surface area contributed by atoms with Gasteiger partial charge < -0.3 is 5.32 Å². The molecular formula is C17H15F2N5O3S. The van der Waals surface area contributed by atoms with Gasteiger partial charge in [0.15, 0.2) is 11.3 Å². The number of aromatic nitrogens is 3. The number of nitrogens with zero attached hydrogens (tertiary/aromatic N) is 3. The Balaban J connectivity index is 1.63. The minimum Gasteiger partial charge on any atom is -0.321 e. The predicted octanol–water partition coefficient (Wildman–Crippen LogP) is 2.44. The summed E-state index contributed by atoms with van der Waals surface area (Å²) in [5.41, 5.74) is 0.652. The van der Waals surface area contributed by atoms with Gasteiger partial charge in [0.25, 0.3) is 12.3 Å². The van der Waals surface area contributed by atoms with Gasteiger partial charge >= 0.3 is 0 Å². The first kappa shape index (κ1) is 18.4. The van der Waals surface area contributed by atoms with Crippen LogP contribution in [0.4, 0.5) is 14.5 Å². The first-order valence-corrected chi connectivity index (χ1v) is 9.90. The molecule has 1 amide bonds. The lowest BCUT2D eigenvalue weighted by Gasteiger charge is -2.06. The Morgan fingerprint density at radius 3 is 2.46 bits per heavy atom. The number of primary sulfonamides is 1. The smallest absolute Gasteiger partial charge is 0.280 e. The van der Waals surface area contributed by atoms with Crippen LogP contribution in [0.15, 0.2) is 41.3 Å². The molecule has 4 rings (SSSR count). The highest BCUT2D eigenvalue weighted by molar-refractivity contribution is 7.89. The third kappa shape index (κ3) is 3.58. The van der Waals surface area contributed by atoms with Crippen LogP contribution in [-0.4, -0.2) is 28.9 Å². The minimum absolute atomic E-state index is 0.0853. The van der Waals surface area contributed by atoms with Gasteiger partial charge in [-0.25, -0.2) is 31.8 Å². The molecular weight excluding hydrogens is 392 g/mol. The van der Waals surface area contributed by atoms with Crippen molar-refractivity contribution in [1.82, 2.24) is 14.6 Å². The third-order valence-electron chi connectivity index (χ3n) is 4.37. The predicted molar refractivity (Wildman–Crippen MR) is 95.7 cm³/mol. The molecule has 1 aliphatic rings. The van der Waals surface area contributed by atoms with E-state index in [0.29, 0.717) is 11.4 Å². The molecule has 2 aromatic heterocycles. The van der Waals surface area contributed by atoms with E-state index in [1.807, 2.05) is 0 Å². The van der Waals surface area contributed by atoms with E-state index in [-0.39, 0.29) is 27.8 Å². The molecule has 11 heteroatoms. The lowest BCUT2D eigenvalue weighted by molar-refractivity contribution is 0.102. The molecule has 1 aromatic carbocycles. The quantitative estimate of drug-likeness (QED) is 0.673. The highest BCUT2D eigenvalue weighted by Crippen LogP contribution is 2.40. The number of nitrogens with one attached hydrogen (secondary N) is 1.